The molecule has 0 aliphatic heterocycles. The monoisotopic (exact) mass is 333 g/mol. The molecule has 0 aromatic heterocycles. The summed E-state index contributed by atoms with van der Waals surface area (Å²) in [6, 6.07) is 13.4. The van der Waals surface area contributed by atoms with Gasteiger partial charge >= 0.3 is 6.36 Å². The molecule has 0 saturated carbocycles. The van der Waals surface area contributed by atoms with Crippen LogP contribution in [0.15, 0.2) is 48.5 Å². The quantitative estimate of drug-likeness (QED) is 0.899. The summed E-state index contributed by atoms with van der Waals surface area (Å²) in [5.41, 5.74) is 6.68. The number of rotatable bonds is 5. The predicted octanol–water partition coefficient (Wildman–Crippen LogP) is 4.01. The zero-order valence-electron chi connectivity index (χ0n) is 11.5. The molecule has 2 aromatic rings. The number of alkyl halides is 3. The zero-order valence-corrected chi connectivity index (χ0v) is 12.3. The van der Waals surface area contributed by atoms with Crippen molar-refractivity contribution in [3.63, 3.8) is 0 Å². The van der Waals surface area contributed by atoms with Crippen LogP contribution in [0.3, 0.4) is 0 Å². The van der Waals surface area contributed by atoms with Crippen molar-refractivity contribution in [1.82, 2.24) is 0 Å². The Hall–Kier alpha value is -1.92. The van der Waals surface area contributed by atoms with E-state index < -0.39 is 6.36 Å². The topological polar surface area (TPSA) is 44.5 Å². The van der Waals surface area contributed by atoms with Gasteiger partial charge in [-0.3, -0.25) is 0 Å². The van der Waals surface area contributed by atoms with E-state index in [1.807, 2.05) is 6.07 Å². The van der Waals surface area contributed by atoms with E-state index >= 15 is 0 Å². The highest BCUT2D eigenvalue weighted by molar-refractivity contribution is 5.85. The van der Waals surface area contributed by atoms with Crippen molar-refractivity contribution in [3.8, 4) is 22.6 Å². The molecule has 22 heavy (non-hydrogen) atoms. The standard InChI is InChI=1S/C15H14F3NO2.ClH/c16-15(17,18)21-14-10-12(11-4-2-1-3-5-11)6-7-13(14)20-9-8-19;/h1-7,10H,8-9,19H2;1H. The van der Waals surface area contributed by atoms with Gasteiger partial charge in [-0.15, -0.1) is 25.6 Å². The molecule has 2 aromatic carbocycles. The van der Waals surface area contributed by atoms with Crippen LogP contribution in [0.1, 0.15) is 0 Å². The van der Waals surface area contributed by atoms with Crippen LogP contribution in [0.2, 0.25) is 0 Å². The highest BCUT2D eigenvalue weighted by Gasteiger charge is 2.32. The Morgan fingerprint density at radius 3 is 2.18 bits per heavy atom. The molecule has 3 nitrogen and oxygen atoms in total. The van der Waals surface area contributed by atoms with Gasteiger partial charge in [0.25, 0.3) is 0 Å². The molecule has 0 amide bonds. The fourth-order valence-electron chi connectivity index (χ4n) is 1.81. The number of halogens is 4. The molecule has 0 atom stereocenters. The summed E-state index contributed by atoms with van der Waals surface area (Å²) in [6.45, 7) is 0.310. The average molecular weight is 334 g/mol. The summed E-state index contributed by atoms with van der Waals surface area (Å²) in [7, 11) is 0. The van der Waals surface area contributed by atoms with E-state index in [1.54, 1.807) is 30.3 Å². The van der Waals surface area contributed by atoms with Gasteiger partial charge in [0, 0.05) is 6.54 Å². The zero-order chi connectivity index (χ0) is 15.3. The highest BCUT2D eigenvalue weighted by atomic mass is 35.5. The van der Waals surface area contributed by atoms with Gasteiger partial charge in [-0.1, -0.05) is 36.4 Å². The van der Waals surface area contributed by atoms with Gasteiger partial charge in [0.15, 0.2) is 11.5 Å². The maximum Gasteiger partial charge on any atom is 0.573 e. The van der Waals surface area contributed by atoms with Crippen LogP contribution in [0.5, 0.6) is 11.5 Å². The average Bonchev–Trinajstić information content (AvgIpc) is 2.45. The van der Waals surface area contributed by atoms with Crippen molar-refractivity contribution < 1.29 is 22.6 Å². The Morgan fingerprint density at radius 2 is 1.59 bits per heavy atom. The third-order valence-electron chi connectivity index (χ3n) is 2.65. The van der Waals surface area contributed by atoms with Crippen molar-refractivity contribution in [2.45, 2.75) is 6.36 Å². The lowest BCUT2D eigenvalue weighted by molar-refractivity contribution is -0.275. The molecule has 2 rings (SSSR count). The van der Waals surface area contributed by atoms with Crippen LogP contribution in [0.4, 0.5) is 13.2 Å². The molecule has 0 heterocycles. The van der Waals surface area contributed by atoms with E-state index in [0.717, 1.165) is 5.56 Å². The molecular formula is C15H15ClF3NO2. The number of hydrogen-bond acceptors (Lipinski definition) is 3. The SMILES string of the molecule is Cl.NCCOc1ccc(-c2ccccc2)cc1OC(F)(F)F. The molecule has 0 saturated heterocycles. The first kappa shape index (κ1) is 18.1. The summed E-state index contributed by atoms with van der Waals surface area (Å²) < 4.78 is 46.6. The van der Waals surface area contributed by atoms with Gasteiger partial charge in [-0.05, 0) is 23.3 Å². The molecule has 0 spiro atoms. The number of nitrogens with two attached hydrogens (primary N) is 1. The van der Waals surface area contributed by atoms with Crippen LogP contribution in [0, 0.1) is 0 Å². The van der Waals surface area contributed by atoms with Crippen LogP contribution in [-0.2, 0) is 0 Å². The molecule has 2 N–H and O–H groups in total. The van der Waals surface area contributed by atoms with E-state index in [2.05, 4.69) is 4.74 Å². The van der Waals surface area contributed by atoms with Crippen molar-refractivity contribution in [3.05, 3.63) is 48.5 Å². The van der Waals surface area contributed by atoms with Gasteiger partial charge in [0.1, 0.15) is 6.61 Å². The van der Waals surface area contributed by atoms with E-state index in [0.29, 0.717) is 5.56 Å². The summed E-state index contributed by atoms with van der Waals surface area (Å²) in [6.07, 6.45) is -4.78. The Kier molecular flexibility index (Phi) is 6.52. The van der Waals surface area contributed by atoms with Gasteiger partial charge < -0.3 is 15.2 Å². The third kappa shape index (κ3) is 5.13. The Labute approximate surface area is 132 Å². The predicted molar refractivity (Wildman–Crippen MR) is 80.4 cm³/mol. The first-order valence-corrected chi connectivity index (χ1v) is 6.27. The molecule has 0 fully saturated rings. The number of hydrogen-bond donors (Lipinski definition) is 1. The first-order valence-electron chi connectivity index (χ1n) is 6.27. The molecule has 120 valence electrons. The van der Waals surface area contributed by atoms with Crippen LogP contribution >= 0.6 is 12.4 Å². The van der Waals surface area contributed by atoms with E-state index in [9.17, 15) is 13.2 Å². The van der Waals surface area contributed by atoms with Crippen molar-refractivity contribution in [2.75, 3.05) is 13.2 Å². The summed E-state index contributed by atoms with van der Waals surface area (Å²) in [4.78, 5) is 0. The molecule has 0 aliphatic carbocycles. The lowest BCUT2D eigenvalue weighted by Crippen LogP contribution is -2.18. The van der Waals surface area contributed by atoms with Crippen molar-refractivity contribution in [1.29, 1.82) is 0 Å². The second-order valence-electron chi connectivity index (χ2n) is 4.21. The van der Waals surface area contributed by atoms with E-state index in [4.69, 9.17) is 10.5 Å². The molecule has 0 aliphatic rings. The third-order valence-corrected chi connectivity index (χ3v) is 2.65. The normalized spacial score (nSPS) is 10.7. The summed E-state index contributed by atoms with van der Waals surface area (Å²) in [5.74, 6) is -0.366. The fraction of sp³-hybridized carbons (Fsp3) is 0.200. The minimum absolute atomic E-state index is 0. The van der Waals surface area contributed by atoms with Gasteiger partial charge in [0.05, 0.1) is 0 Å². The second-order valence-corrected chi connectivity index (χ2v) is 4.21. The Bertz CT molecular complexity index is 591. The van der Waals surface area contributed by atoms with Crippen LogP contribution < -0.4 is 15.2 Å². The van der Waals surface area contributed by atoms with Gasteiger partial charge in [-0.2, -0.15) is 0 Å². The minimum Gasteiger partial charge on any atom is -0.488 e. The molecule has 0 bridgehead atoms. The fourth-order valence-corrected chi connectivity index (χ4v) is 1.81. The number of benzene rings is 2. The van der Waals surface area contributed by atoms with Gasteiger partial charge in [-0.25, -0.2) is 0 Å². The molecule has 0 unspecified atom stereocenters. The minimum atomic E-state index is -4.78. The summed E-state index contributed by atoms with van der Waals surface area (Å²) >= 11 is 0. The highest BCUT2D eigenvalue weighted by Crippen LogP contribution is 2.36. The largest absolute Gasteiger partial charge is 0.573 e. The Morgan fingerprint density at radius 1 is 0.909 bits per heavy atom. The van der Waals surface area contributed by atoms with Gasteiger partial charge in [0.2, 0.25) is 0 Å². The lowest BCUT2D eigenvalue weighted by Gasteiger charge is -2.15. The lowest BCUT2D eigenvalue weighted by atomic mass is 10.1. The van der Waals surface area contributed by atoms with Crippen molar-refractivity contribution >= 4 is 12.4 Å². The van der Waals surface area contributed by atoms with E-state index in [-0.39, 0.29) is 37.1 Å². The molecular weight excluding hydrogens is 319 g/mol. The van der Waals surface area contributed by atoms with Crippen LogP contribution in [-0.4, -0.2) is 19.5 Å². The maximum absolute atomic E-state index is 12.5. The number of ether oxygens (including phenoxy) is 2. The van der Waals surface area contributed by atoms with Crippen LogP contribution in [0.25, 0.3) is 11.1 Å². The van der Waals surface area contributed by atoms with Crippen molar-refractivity contribution in [2.24, 2.45) is 5.73 Å². The summed E-state index contributed by atoms with van der Waals surface area (Å²) in [5, 5.41) is 0. The smallest absolute Gasteiger partial charge is 0.488 e. The first-order chi connectivity index (χ1) is 9.99. The molecule has 7 heteroatoms. The Balaban J connectivity index is 0.00000242. The van der Waals surface area contributed by atoms with E-state index in [1.165, 1.54) is 12.1 Å². The second kappa shape index (κ2) is 7.91. The molecule has 0 radical (unpaired) electrons. The maximum atomic E-state index is 12.5.